The van der Waals surface area contributed by atoms with Gasteiger partial charge in [-0.25, -0.2) is 22.5 Å². The molecule has 0 amide bonds. The topological polar surface area (TPSA) is 47.5 Å². The molecule has 5 nitrogen and oxygen atoms in total. The zero-order valence-corrected chi connectivity index (χ0v) is 21.0. The van der Waals surface area contributed by atoms with Crippen LogP contribution in [0.4, 0.5) is 17.6 Å². The van der Waals surface area contributed by atoms with Crippen LogP contribution in [0, 0.1) is 5.82 Å². The minimum absolute atomic E-state index is 0.0384. The Balaban J connectivity index is 1.86. The van der Waals surface area contributed by atoms with E-state index in [4.69, 9.17) is 21.1 Å². The van der Waals surface area contributed by atoms with Crippen molar-refractivity contribution in [2.24, 2.45) is 0 Å². The van der Waals surface area contributed by atoms with Crippen LogP contribution in [0.25, 0.3) is 5.70 Å². The maximum Gasteiger partial charge on any atom is 0.268 e. The predicted octanol–water partition coefficient (Wildman–Crippen LogP) is 6.67. The first-order valence-electron chi connectivity index (χ1n) is 11.1. The van der Waals surface area contributed by atoms with Gasteiger partial charge >= 0.3 is 0 Å². The average Bonchev–Trinajstić information content (AvgIpc) is 2.76. The molecule has 1 saturated heterocycles. The summed E-state index contributed by atoms with van der Waals surface area (Å²) in [5, 5.41) is -0.108. The van der Waals surface area contributed by atoms with Crippen LogP contribution < -0.4 is 4.74 Å². The second kappa shape index (κ2) is 10.5. The highest BCUT2D eigenvalue weighted by Gasteiger charge is 2.44. The highest BCUT2D eigenvalue weighted by molar-refractivity contribution is 6.28. The summed E-state index contributed by atoms with van der Waals surface area (Å²) in [7, 11) is 1.61. The highest BCUT2D eigenvalue weighted by atomic mass is 35.5. The van der Waals surface area contributed by atoms with Gasteiger partial charge in [0.15, 0.2) is 5.67 Å². The molecule has 3 rings (SSSR count). The largest absolute Gasteiger partial charge is 0.472 e. The van der Waals surface area contributed by atoms with Gasteiger partial charge in [-0.1, -0.05) is 13.0 Å². The molecule has 1 aliphatic rings. The fraction of sp³-hybridized carbons (Fsp3) is 0.440. The van der Waals surface area contributed by atoms with Crippen LogP contribution >= 0.6 is 11.6 Å². The van der Waals surface area contributed by atoms with Crippen molar-refractivity contribution in [3.63, 3.8) is 0 Å². The van der Waals surface area contributed by atoms with Crippen molar-refractivity contribution < 1.29 is 27.0 Å². The van der Waals surface area contributed by atoms with E-state index in [9.17, 15) is 13.2 Å². The second-order valence-corrected chi connectivity index (χ2v) is 9.05. The SMILES string of the molecule is CCC(C)=C(c1ccc(COc2nc(Cl)ncc2C2(F)COC2)cc1F)N(C)/C=C(\C)C(C)(F)F. The van der Waals surface area contributed by atoms with Crippen molar-refractivity contribution in [1.29, 1.82) is 0 Å². The third-order valence-electron chi connectivity index (χ3n) is 5.90. The van der Waals surface area contributed by atoms with Gasteiger partial charge in [0.25, 0.3) is 5.92 Å². The van der Waals surface area contributed by atoms with Gasteiger partial charge in [0.05, 0.1) is 18.8 Å². The van der Waals surface area contributed by atoms with Crippen molar-refractivity contribution in [3.8, 4) is 5.88 Å². The van der Waals surface area contributed by atoms with E-state index in [1.54, 1.807) is 19.2 Å². The second-order valence-electron chi connectivity index (χ2n) is 8.71. The monoisotopic (exact) mass is 513 g/mol. The summed E-state index contributed by atoms with van der Waals surface area (Å²) in [4.78, 5) is 9.30. The average molecular weight is 514 g/mol. The lowest BCUT2D eigenvalue weighted by atomic mass is 9.96. The first kappa shape index (κ1) is 26.9. The molecule has 1 aromatic heterocycles. The minimum Gasteiger partial charge on any atom is -0.472 e. The summed E-state index contributed by atoms with van der Waals surface area (Å²) in [6.45, 7) is 5.49. The maximum absolute atomic E-state index is 15.2. The molecule has 2 heterocycles. The number of allylic oxidation sites excluding steroid dienone is 2. The lowest BCUT2D eigenvalue weighted by molar-refractivity contribution is -0.136. The summed E-state index contributed by atoms with van der Waals surface area (Å²) < 4.78 is 68.1. The Morgan fingerprint density at radius 2 is 2.00 bits per heavy atom. The summed E-state index contributed by atoms with van der Waals surface area (Å²) in [5.41, 5.74) is 0.259. The number of rotatable bonds is 9. The van der Waals surface area contributed by atoms with E-state index in [1.807, 2.05) is 13.8 Å². The Labute approximate surface area is 207 Å². The summed E-state index contributed by atoms with van der Waals surface area (Å²) in [6, 6.07) is 4.51. The quantitative estimate of drug-likeness (QED) is 0.277. The van der Waals surface area contributed by atoms with Crippen LogP contribution in [0.3, 0.4) is 0 Å². The predicted molar refractivity (Wildman–Crippen MR) is 126 cm³/mol. The number of ether oxygens (including phenoxy) is 2. The van der Waals surface area contributed by atoms with Gasteiger partial charge in [-0.05, 0) is 55.1 Å². The molecular formula is C25H28ClF4N3O2. The van der Waals surface area contributed by atoms with E-state index in [2.05, 4.69) is 9.97 Å². The molecule has 190 valence electrons. The number of nitrogens with zero attached hydrogens (tertiary/aromatic N) is 3. The van der Waals surface area contributed by atoms with Crippen molar-refractivity contribution in [2.45, 2.75) is 52.3 Å². The van der Waals surface area contributed by atoms with Crippen LogP contribution in [0.1, 0.15) is 50.8 Å². The molecule has 0 bridgehead atoms. The van der Waals surface area contributed by atoms with E-state index >= 15 is 4.39 Å². The standard InChI is InChI=1S/C25H28ClF4N3O2/c1-6-15(2)21(33(5)11-16(3)24(4,28)29)18-8-7-17(9-20(18)27)12-35-22-19(10-31-23(26)32-22)25(30)13-34-14-25/h7-11H,6,12-14H2,1-5H3/b16-11+,21-15?. The van der Waals surface area contributed by atoms with Crippen LogP contribution in [0.15, 0.2) is 41.7 Å². The number of hydrogen-bond acceptors (Lipinski definition) is 5. The molecule has 1 aliphatic heterocycles. The van der Waals surface area contributed by atoms with Crippen LogP contribution in [0.5, 0.6) is 5.88 Å². The molecule has 1 fully saturated rings. The van der Waals surface area contributed by atoms with Crippen molar-refractivity contribution in [3.05, 3.63) is 69.5 Å². The van der Waals surface area contributed by atoms with E-state index in [1.165, 1.54) is 30.3 Å². The molecule has 0 saturated carbocycles. The molecular weight excluding hydrogens is 486 g/mol. The number of benzene rings is 1. The van der Waals surface area contributed by atoms with Gasteiger partial charge < -0.3 is 14.4 Å². The van der Waals surface area contributed by atoms with E-state index in [0.717, 1.165) is 12.5 Å². The smallest absolute Gasteiger partial charge is 0.268 e. The lowest BCUT2D eigenvalue weighted by Gasteiger charge is -2.34. The maximum atomic E-state index is 15.2. The Kier molecular flexibility index (Phi) is 8.11. The normalized spacial score (nSPS) is 16.5. The fourth-order valence-corrected chi connectivity index (χ4v) is 3.67. The molecule has 0 N–H and O–H groups in total. The molecule has 35 heavy (non-hydrogen) atoms. The van der Waals surface area contributed by atoms with Crippen LogP contribution in [0.2, 0.25) is 5.28 Å². The molecule has 0 radical (unpaired) electrons. The first-order chi connectivity index (χ1) is 16.4. The lowest BCUT2D eigenvalue weighted by Crippen LogP contribution is -2.43. The molecule has 10 heteroatoms. The van der Waals surface area contributed by atoms with Crippen molar-refractivity contribution in [2.75, 3.05) is 20.3 Å². The van der Waals surface area contributed by atoms with Crippen molar-refractivity contribution in [1.82, 2.24) is 14.9 Å². The minimum atomic E-state index is -2.99. The third-order valence-corrected chi connectivity index (χ3v) is 6.08. The molecule has 2 aromatic rings. The molecule has 0 unspecified atom stereocenters. The van der Waals surface area contributed by atoms with Gasteiger partial charge in [0, 0.05) is 43.2 Å². The first-order valence-corrected chi connectivity index (χ1v) is 11.4. The number of aromatic nitrogens is 2. The van der Waals surface area contributed by atoms with Gasteiger partial charge in [0.2, 0.25) is 11.2 Å². The Bertz CT molecular complexity index is 1140. The fourth-order valence-electron chi connectivity index (χ4n) is 3.55. The zero-order chi connectivity index (χ0) is 26.0. The molecule has 0 aliphatic carbocycles. The van der Waals surface area contributed by atoms with Gasteiger partial charge in [0.1, 0.15) is 12.4 Å². The van der Waals surface area contributed by atoms with Gasteiger partial charge in [-0.2, -0.15) is 4.98 Å². The third kappa shape index (κ3) is 6.13. The molecule has 0 spiro atoms. The van der Waals surface area contributed by atoms with Crippen LogP contribution in [-0.2, 0) is 17.0 Å². The molecule has 1 aromatic carbocycles. The van der Waals surface area contributed by atoms with E-state index < -0.39 is 17.4 Å². The highest BCUT2D eigenvalue weighted by Crippen LogP contribution is 2.38. The number of alkyl halides is 3. The summed E-state index contributed by atoms with van der Waals surface area (Å²) in [6.07, 6.45) is 3.17. The zero-order valence-electron chi connectivity index (χ0n) is 20.3. The van der Waals surface area contributed by atoms with E-state index in [0.29, 0.717) is 17.7 Å². The number of hydrogen-bond donors (Lipinski definition) is 0. The number of halogens is 5. The Morgan fingerprint density at radius 1 is 1.31 bits per heavy atom. The van der Waals surface area contributed by atoms with Gasteiger partial charge in [-0.15, -0.1) is 0 Å². The Hall–Kier alpha value is -2.65. The summed E-state index contributed by atoms with van der Waals surface area (Å²) >= 11 is 5.85. The van der Waals surface area contributed by atoms with Crippen LogP contribution in [-0.4, -0.2) is 41.1 Å². The van der Waals surface area contributed by atoms with Crippen molar-refractivity contribution >= 4 is 17.3 Å². The molecule has 0 atom stereocenters. The van der Waals surface area contributed by atoms with E-state index in [-0.39, 0.29) is 47.7 Å². The Morgan fingerprint density at radius 3 is 2.54 bits per heavy atom. The van der Waals surface area contributed by atoms with Gasteiger partial charge in [-0.3, -0.25) is 0 Å². The summed E-state index contributed by atoms with van der Waals surface area (Å²) in [5.74, 6) is -3.58.